The van der Waals surface area contributed by atoms with Gasteiger partial charge >= 0.3 is 5.97 Å². The fourth-order valence-corrected chi connectivity index (χ4v) is 2.82. The Kier molecular flexibility index (Phi) is 5.40. The standard InChI is InChI=1S/C20H22N4O3/c1-4-24-13-14(10-22-24)12-23(2)19(25)16-7-5-15(6-8-16)17-9-18(21-11-17)20(26)27-3/h5-11,13,21H,4,12H2,1-3H3. The highest BCUT2D eigenvalue weighted by molar-refractivity contribution is 5.94. The summed E-state index contributed by atoms with van der Waals surface area (Å²) in [4.78, 5) is 28.7. The number of carbonyl (C=O) groups is 2. The number of esters is 1. The Balaban J connectivity index is 1.69. The van der Waals surface area contributed by atoms with E-state index in [2.05, 4.69) is 10.1 Å². The van der Waals surface area contributed by atoms with Crippen LogP contribution in [0, 0.1) is 0 Å². The molecule has 0 fully saturated rings. The summed E-state index contributed by atoms with van der Waals surface area (Å²) in [7, 11) is 3.11. The molecule has 7 heteroatoms. The van der Waals surface area contributed by atoms with Crippen LogP contribution in [-0.2, 0) is 17.8 Å². The molecule has 3 aromatic rings. The zero-order chi connectivity index (χ0) is 19.4. The zero-order valence-electron chi connectivity index (χ0n) is 15.6. The minimum atomic E-state index is -0.416. The SMILES string of the molecule is CCn1cc(CN(C)C(=O)c2ccc(-c3c[nH]c(C(=O)OC)c3)cc2)cn1. The molecular weight excluding hydrogens is 344 g/mol. The van der Waals surface area contributed by atoms with E-state index in [9.17, 15) is 9.59 Å². The molecule has 0 aliphatic rings. The van der Waals surface area contributed by atoms with E-state index in [1.807, 2.05) is 29.9 Å². The van der Waals surface area contributed by atoms with Gasteiger partial charge in [-0.2, -0.15) is 5.10 Å². The average Bonchev–Trinajstić information content (AvgIpc) is 3.36. The van der Waals surface area contributed by atoms with Crippen molar-refractivity contribution in [3.63, 3.8) is 0 Å². The van der Waals surface area contributed by atoms with E-state index in [0.717, 1.165) is 23.2 Å². The molecule has 2 heterocycles. The molecule has 0 atom stereocenters. The van der Waals surface area contributed by atoms with E-state index >= 15 is 0 Å². The van der Waals surface area contributed by atoms with E-state index in [0.29, 0.717) is 17.8 Å². The van der Waals surface area contributed by atoms with Gasteiger partial charge in [-0.1, -0.05) is 12.1 Å². The van der Waals surface area contributed by atoms with Crippen molar-refractivity contribution in [2.75, 3.05) is 14.2 Å². The van der Waals surface area contributed by atoms with E-state index < -0.39 is 5.97 Å². The summed E-state index contributed by atoms with van der Waals surface area (Å²) in [5, 5.41) is 4.23. The van der Waals surface area contributed by atoms with Crippen LogP contribution >= 0.6 is 0 Å². The smallest absolute Gasteiger partial charge is 0.354 e. The second kappa shape index (κ2) is 7.90. The van der Waals surface area contributed by atoms with Gasteiger partial charge in [0.2, 0.25) is 0 Å². The van der Waals surface area contributed by atoms with Crippen molar-refractivity contribution in [3.8, 4) is 11.1 Å². The molecule has 7 nitrogen and oxygen atoms in total. The second-order valence-electron chi connectivity index (χ2n) is 6.24. The fraction of sp³-hybridized carbons (Fsp3) is 0.250. The Morgan fingerprint density at radius 3 is 2.59 bits per heavy atom. The van der Waals surface area contributed by atoms with Gasteiger partial charge in [-0.15, -0.1) is 0 Å². The second-order valence-corrected chi connectivity index (χ2v) is 6.24. The number of ether oxygens (including phenoxy) is 1. The van der Waals surface area contributed by atoms with Gasteiger partial charge in [0.1, 0.15) is 5.69 Å². The maximum Gasteiger partial charge on any atom is 0.354 e. The number of H-pyrrole nitrogens is 1. The van der Waals surface area contributed by atoms with Gasteiger partial charge < -0.3 is 14.6 Å². The lowest BCUT2D eigenvalue weighted by atomic mass is 10.1. The first-order valence-corrected chi connectivity index (χ1v) is 8.65. The fourth-order valence-electron chi connectivity index (χ4n) is 2.82. The molecule has 0 unspecified atom stereocenters. The minimum Gasteiger partial charge on any atom is -0.464 e. The normalized spacial score (nSPS) is 10.6. The van der Waals surface area contributed by atoms with Crippen molar-refractivity contribution in [2.45, 2.75) is 20.0 Å². The van der Waals surface area contributed by atoms with Crippen LogP contribution in [-0.4, -0.2) is 45.7 Å². The van der Waals surface area contributed by atoms with Crippen LogP contribution in [0.4, 0.5) is 0 Å². The predicted molar refractivity (Wildman–Crippen MR) is 101 cm³/mol. The third-order valence-electron chi connectivity index (χ3n) is 4.33. The summed E-state index contributed by atoms with van der Waals surface area (Å²) >= 11 is 0. The molecule has 1 aromatic carbocycles. The lowest BCUT2D eigenvalue weighted by Crippen LogP contribution is -2.25. The molecule has 0 saturated heterocycles. The first-order valence-electron chi connectivity index (χ1n) is 8.65. The minimum absolute atomic E-state index is 0.0601. The Hall–Kier alpha value is -3.35. The summed E-state index contributed by atoms with van der Waals surface area (Å²) in [6, 6.07) is 9.02. The monoisotopic (exact) mass is 366 g/mol. The maximum absolute atomic E-state index is 12.6. The molecule has 1 amide bonds. The number of aromatic amines is 1. The maximum atomic E-state index is 12.6. The number of methoxy groups -OCH3 is 1. The Labute approximate surface area is 157 Å². The molecule has 0 aliphatic carbocycles. The molecular formula is C20H22N4O3. The Bertz CT molecular complexity index is 940. The number of carbonyl (C=O) groups excluding carboxylic acids is 2. The lowest BCUT2D eigenvalue weighted by Gasteiger charge is -2.16. The van der Waals surface area contributed by atoms with Crippen molar-refractivity contribution in [3.05, 3.63) is 65.7 Å². The van der Waals surface area contributed by atoms with Gasteiger partial charge in [0, 0.05) is 43.7 Å². The Morgan fingerprint density at radius 2 is 1.96 bits per heavy atom. The summed E-state index contributed by atoms with van der Waals surface area (Å²) in [5.74, 6) is -0.476. The van der Waals surface area contributed by atoms with Gasteiger partial charge in [-0.25, -0.2) is 4.79 Å². The van der Waals surface area contributed by atoms with Gasteiger partial charge in [0.15, 0.2) is 0 Å². The van der Waals surface area contributed by atoms with E-state index in [-0.39, 0.29) is 5.91 Å². The number of amides is 1. The number of rotatable bonds is 6. The number of aromatic nitrogens is 3. The molecule has 1 N–H and O–H groups in total. The number of nitrogens with one attached hydrogen (secondary N) is 1. The van der Waals surface area contributed by atoms with Gasteiger partial charge in [-0.05, 0) is 36.2 Å². The van der Waals surface area contributed by atoms with Crippen LogP contribution in [0.5, 0.6) is 0 Å². The predicted octanol–water partition coefficient (Wildman–Crippen LogP) is 2.96. The van der Waals surface area contributed by atoms with Crippen molar-refractivity contribution >= 4 is 11.9 Å². The van der Waals surface area contributed by atoms with Gasteiger partial charge in [-0.3, -0.25) is 9.48 Å². The van der Waals surface area contributed by atoms with E-state index in [4.69, 9.17) is 4.74 Å². The number of nitrogens with zero attached hydrogens (tertiary/aromatic N) is 3. The molecule has 140 valence electrons. The van der Waals surface area contributed by atoms with Crippen LogP contribution in [0.15, 0.2) is 48.9 Å². The first-order chi connectivity index (χ1) is 13.0. The molecule has 0 aliphatic heterocycles. The van der Waals surface area contributed by atoms with Crippen molar-refractivity contribution in [1.82, 2.24) is 19.7 Å². The highest BCUT2D eigenvalue weighted by Crippen LogP contribution is 2.21. The number of hydrogen-bond donors (Lipinski definition) is 1. The van der Waals surface area contributed by atoms with E-state index in [1.165, 1.54) is 7.11 Å². The molecule has 0 spiro atoms. The summed E-state index contributed by atoms with van der Waals surface area (Å²) in [6.07, 6.45) is 5.46. The molecule has 0 bridgehead atoms. The van der Waals surface area contributed by atoms with Gasteiger partial charge in [0.05, 0.1) is 13.3 Å². The largest absolute Gasteiger partial charge is 0.464 e. The number of benzene rings is 1. The lowest BCUT2D eigenvalue weighted by molar-refractivity contribution is 0.0594. The van der Waals surface area contributed by atoms with E-state index in [1.54, 1.807) is 42.5 Å². The highest BCUT2D eigenvalue weighted by Gasteiger charge is 2.14. The molecule has 0 saturated carbocycles. The van der Waals surface area contributed by atoms with Crippen LogP contribution in [0.25, 0.3) is 11.1 Å². The van der Waals surface area contributed by atoms with Crippen molar-refractivity contribution < 1.29 is 14.3 Å². The molecule has 0 radical (unpaired) electrons. The topological polar surface area (TPSA) is 80.2 Å². The van der Waals surface area contributed by atoms with Gasteiger partial charge in [0.25, 0.3) is 5.91 Å². The van der Waals surface area contributed by atoms with Crippen LogP contribution in [0.1, 0.15) is 33.3 Å². The molecule has 3 rings (SSSR count). The highest BCUT2D eigenvalue weighted by atomic mass is 16.5. The van der Waals surface area contributed by atoms with Crippen molar-refractivity contribution in [1.29, 1.82) is 0 Å². The summed E-state index contributed by atoms with van der Waals surface area (Å²) < 4.78 is 6.53. The zero-order valence-corrected chi connectivity index (χ0v) is 15.6. The Morgan fingerprint density at radius 1 is 1.22 bits per heavy atom. The third-order valence-corrected chi connectivity index (χ3v) is 4.33. The van der Waals surface area contributed by atoms with Crippen molar-refractivity contribution in [2.24, 2.45) is 0 Å². The first kappa shape index (κ1) is 18.4. The summed E-state index contributed by atoms with van der Waals surface area (Å²) in [5.41, 5.74) is 3.75. The molecule has 2 aromatic heterocycles. The number of aryl methyl sites for hydroxylation is 1. The quantitative estimate of drug-likeness (QED) is 0.680. The van der Waals surface area contributed by atoms with Crippen LogP contribution in [0.2, 0.25) is 0 Å². The average molecular weight is 366 g/mol. The third kappa shape index (κ3) is 4.08. The summed E-state index contributed by atoms with van der Waals surface area (Å²) in [6.45, 7) is 3.32. The molecule has 27 heavy (non-hydrogen) atoms. The van der Waals surface area contributed by atoms with Crippen LogP contribution in [0.3, 0.4) is 0 Å². The van der Waals surface area contributed by atoms with Crippen LogP contribution < -0.4 is 0 Å². The number of hydrogen-bond acceptors (Lipinski definition) is 4.